The highest BCUT2D eigenvalue weighted by atomic mass is 16.5. The molecule has 2 aromatic rings. The van der Waals surface area contributed by atoms with Crippen LogP contribution in [0.15, 0.2) is 48.5 Å². The number of esters is 1. The molecule has 0 radical (unpaired) electrons. The van der Waals surface area contributed by atoms with Crippen LogP contribution in [0.3, 0.4) is 0 Å². The van der Waals surface area contributed by atoms with Gasteiger partial charge in [0.05, 0.1) is 25.3 Å². The standard InChI is InChI=1S/C20H21NO5/c1-3-25-18-7-5-4-6-17(18)21-13-14(12-19(21)22)20(23)26-16-10-8-15(24-2)9-11-16/h4-11,14H,3,12-13H2,1-2H3/t14-/m0/s1. The molecule has 136 valence electrons. The third kappa shape index (κ3) is 3.79. The van der Waals surface area contributed by atoms with Gasteiger partial charge in [0, 0.05) is 13.0 Å². The van der Waals surface area contributed by atoms with E-state index < -0.39 is 11.9 Å². The van der Waals surface area contributed by atoms with Gasteiger partial charge in [-0.15, -0.1) is 0 Å². The lowest BCUT2D eigenvalue weighted by atomic mass is 10.1. The lowest BCUT2D eigenvalue weighted by Gasteiger charge is -2.19. The molecule has 1 aliphatic rings. The van der Waals surface area contributed by atoms with Crippen molar-refractivity contribution in [3.05, 3.63) is 48.5 Å². The molecule has 0 N–H and O–H groups in total. The fourth-order valence-corrected chi connectivity index (χ4v) is 2.90. The first-order valence-corrected chi connectivity index (χ1v) is 8.50. The number of nitrogens with zero attached hydrogens (tertiary/aromatic N) is 1. The zero-order valence-corrected chi connectivity index (χ0v) is 14.8. The lowest BCUT2D eigenvalue weighted by Crippen LogP contribution is -2.27. The van der Waals surface area contributed by atoms with E-state index in [1.807, 2.05) is 31.2 Å². The van der Waals surface area contributed by atoms with E-state index in [4.69, 9.17) is 14.2 Å². The molecule has 1 fully saturated rings. The fraction of sp³-hybridized carbons (Fsp3) is 0.300. The van der Waals surface area contributed by atoms with Crippen LogP contribution < -0.4 is 19.1 Å². The summed E-state index contributed by atoms with van der Waals surface area (Å²) in [6, 6.07) is 14.1. The lowest BCUT2D eigenvalue weighted by molar-refractivity contribution is -0.139. The second-order valence-corrected chi connectivity index (χ2v) is 5.90. The van der Waals surface area contributed by atoms with E-state index in [1.54, 1.807) is 36.3 Å². The van der Waals surface area contributed by atoms with Gasteiger partial charge in [-0.25, -0.2) is 0 Å². The Balaban J connectivity index is 1.70. The van der Waals surface area contributed by atoms with Gasteiger partial charge in [-0.05, 0) is 43.3 Å². The van der Waals surface area contributed by atoms with Crippen LogP contribution in [0.25, 0.3) is 0 Å². The third-order valence-electron chi connectivity index (χ3n) is 4.19. The fourth-order valence-electron chi connectivity index (χ4n) is 2.90. The van der Waals surface area contributed by atoms with Crippen molar-refractivity contribution < 1.29 is 23.8 Å². The average Bonchev–Trinajstić information content (AvgIpc) is 3.05. The molecule has 0 spiro atoms. The van der Waals surface area contributed by atoms with E-state index in [0.717, 1.165) is 0 Å². The molecule has 1 heterocycles. The summed E-state index contributed by atoms with van der Waals surface area (Å²) in [6.07, 6.45) is 0.120. The zero-order valence-electron chi connectivity index (χ0n) is 14.8. The average molecular weight is 355 g/mol. The highest BCUT2D eigenvalue weighted by Crippen LogP contribution is 2.33. The molecule has 1 amide bonds. The Bertz CT molecular complexity index is 787. The molecule has 1 saturated heterocycles. The number of rotatable bonds is 6. The van der Waals surface area contributed by atoms with Crippen molar-refractivity contribution in [1.29, 1.82) is 0 Å². The first kappa shape index (κ1) is 17.8. The van der Waals surface area contributed by atoms with Crippen LogP contribution >= 0.6 is 0 Å². The zero-order chi connectivity index (χ0) is 18.5. The van der Waals surface area contributed by atoms with E-state index >= 15 is 0 Å². The van der Waals surface area contributed by atoms with Gasteiger partial charge in [0.2, 0.25) is 5.91 Å². The second kappa shape index (κ2) is 7.91. The van der Waals surface area contributed by atoms with Gasteiger partial charge in [-0.1, -0.05) is 12.1 Å². The monoisotopic (exact) mass is 355 g/mol. The first-order chi connectivity index (χ1) is 12.6. The van der Waals surface area contributed by atoms with E-state index in [2.05, 4.69) is 0 Å². The van der Waals surface area contributed by atoms with Crippen LogP contribution in [0, 0.1) is 5.92 Å². The first-order valence-electron chi connectivity index (χ1n) is 8.50. The Morgan fingerprint density at radius 3 is 2.50 bits per heavy atom. The van der Waals surface area contributed by atoms with E-state index in [1.165, 1.54) is 0 Å². The summed E-state index contributed by atoms with van der Waals surface area (Å²) in [5.74, 6) is 0.691. The molecule has 2 aromatic carbocycles. The van der Waals surface area contributed by atoms with Crippen LogP contribution in [-0.2, 0) is 9.59 Å². The summed E-state index contributed by atoms with van der Waals surface area (Å²) in [7, 11) is 1.57. The van der Waals surface area contributed by atoms with Gasteiger partial charge >= 0.3 is 5.97 Å². The second-order valence-electron chi connectivity index (χ2n) is 5.90. The van der Waals surface area contributed by atoms with Crippen molar-refractivity contribution in [2.75, 3.05) is 25.2 Å². The molecule has 0 bridgehead atoms. The molecule has 1 aliphatic heterocycles. The number of hydrogen-bond donors (Lipinski definition) is 0. The minimum atomic E-state index is -0.515. The maximum absolute atomic E-state index is 12.4. The van der Waals surface area contributed by atoms with Gasteiger partial charge in [-0.2, -0.15) is 0 Å². The van der Waals surface area contributed by atoms with E-state index in [9.17, 15) is 9.59 Å². The Kier molecular flexibility index (Phi) is 5.41. The summed E-state index contributed by atoms with van der Waals surface area (Å²) in [6.45, 7) is 2.66. The summed E-state index contributed by atoms with van der Waals surface area (Å²) in [5.41, 5.74) is 0.680. The van der Waals surface area contributed by atoms with Crippen molar-refractivity contribution in [3.8, 4) is 17.2 Å². The quantitative estimate of drug-likeness (QED) is 0.589. The van der Waals surface area contributed by atoms with E-state index in [-0.39, 0.29) is 18.9 Å². The van der Waals surface area contributed by atoms with Gasteiger partial charge in [-0.3, -0.25) is 9.59 Å². The molecular formula is C20H21NO5. The Hall–Kier alpha value is -3.02. The van der Waals surface area contributed by atoms with Gasteiger partial charge in [0.25, 0.3) is 0 Å². The molecule has 0 saturated carbocycles. The van der Waals surface area contributed by atoms with Gasteiger partial charge in [0.15, 0.2) is 0 Å². The minimum Gasteiger partial charge on any atom is -0.497 e. The smallest absolute Gasteiger partial charge is 0.316 e. The maximum atomic E-state index is 12.4. The summed E-state index contributed by atoms with van der Waals surface area (Å²) < 4.78 is 16.1. The number of methoxy groups -OCH3 is 1. The topological polar surface area (TPSA) is 65.1 Å². The van der Waals surface area contributed by atoms with Crippen LogP contribution in [-0.4, -0.2) is 32.1 Å². The summed E-state index contributed by atoms with van der Waals surface area (Å²) in [5, 5.41) is 0. The molecule has 0 unspecified atom stereocenters. The van der Waals surface area contributed by atoms with Crippen molar-refractivity contribution in [1.82, 2.24) is 0 Å². The minimum absolute atomic E-state index is 0.117. The molecule has 26 heavy (non-hydrogen) atoms. The van der Waals surface area contributed by atoms with Crippen molar-refractivity contribution >= 4 is 17.6 Å². The third-order valence-corrected chi connectivity index (χ3v) is 4.19. The number of hydrogen-bond acceptors (Lipinski definition) is 5. The normalized spacial score (nSPS) is 16.5. The van der Waals surface area contributed by atoms with Crippen molar-refractivity contribution in [2.45, 2.75) is 13.3 Å². The number of amides is 1. The van der Waals surface area contributed by atoms with Crippen LogP contribution in [0.4, 0.5) is 5.69 Å². The van der Waals surface area contributed by atoms with Gasteiger partial charge in [0.1, 0.15) is 17.2 Å². The highest BCUT2D eigenvalue weighted by Gasteiger charge is 2.37. The molecule has 6 heteroatoms. The number of anilines is 1. The molecule has 3 rings (SSSR count). The Labute approximate surface area is 152 Å². The molecule has 0 aliphatic carbocycles. The molecule has 1 atom stereocenters. The predicted molar refractivity (Wildman–Crippen MR) is 96.7 cm³/mol. The number of carbonyl (C=O) groups is 2. The maximum Gasteiger partial charge on any atom is 0.316 e. The number of ether oxygens (including phenoxy) is 3. The van der Waals surface area contributed by atoms with Crippen molar-refractivity contribution in [3.63, 3.8) is 0 Å². The number of benzene rings is 2. The Morgan fingerprint density at radius 2 is 1.81 bits per heavy atom. The van der Waals surface area contributed by atoms with Gasteiger partial charge < -0.3 is 19.1 Å². The van der Waals surface area contributed by atoms with Crippen LogP contribution in [0.5, 0.6) is 17.2 Å². The van der Waals surface area contributed by atoms with Crippen LogP contribution in [0.1, 0.15) is 13.3 Å². The molecular weight excluding hydrogens is 334 g/mol. The summed E-state index contributed by atoms with van der Waals surface area (Å²) in [4.78, 5) is 26.5. The highest BCUT2D eigenvalue weighted by molar-refractivity contribution is 6.00. The predicted octanol–water partition coefficient (Wildman–Crippen LogP) is 3.05. The molecule has 6 nitrogen and oxygen atoms in total. The number of para-hydroxylation sites is 2. The number of carbonyl (C=O) groups excluding carboxylic acids is 2. The Morgan fingerprint density at radius 1 is 1.12 bits per heavy atom. The summed E-state index contributed by atoms with van der Waals surface area (Å²) >= 11 is 0. The molecule has 0 aromatic heterocycles. The van der Waals surface area contributed by atoms with Crippen molar-refractivity contribution in [2.24, 2.45) is 5.92 Å². The van der Waals surface area contributed by atoms with Crippen LogP contribution in [0.2, 0.25) is 0 Å². The van der Waals surface area contributed by atoms with E-state index in [0.29, 0.717) is 29.5 Å². The SMILES string of the molecule is CCOc1ccccc1N1C[C@@H](C(=O)Oc2ccc(OC)cc2)CC1=O. The largest absolute Gasteiger partial charge is 0.497 e.